The molecule has 2 rings (SSSR count). The third-order valence-electron chi connectivity index (χ3n) is 3.21. The molecule has 0 saturated carbocycles. The van der Waals surface area contributed by atoms with Gasteiger partial charge in [-0.05, 0) is 30.7 Å². The average Bonchev–Trinajstić information content (AvgIpc) is 2.85. The Morgan fingerprint density at radius 3 is 2.67 bits per heavy atom. The van der Waals surface area contributed by atoms with Gasteiger partial charge in [0, 0.05) is 30.4 Å². The molecule has 3 N–H and O–H groups in total. The molecule has 7 heteroatoms. The Hall–Kier alpha value is -2.02. The number of aliphatic hydroxyl groups excluding tert-OH is 1. The third-order valence-corrected chi connectivity index (χ3v) is 3.21. The van der Waals surface area contributed by atoms with Gasteiger partial charge in [0.1, 0.15) is 0 Å². The summed E-state index contributed by atoms with van der Waals surface area (Å²) in [5, 5.41) is 14.2. The molecular weight excluding hydrogens is 283 g/mol. The van der Waals surface area contributed by atoms with Crippen LogP contribution in [0.1, 0.15) is 29.7 Å². The highest BCUT2D eigenvalue weighted by atomic mass is 19.4. The van der Waals surface area contributed by atoms with E-state index in [9.17, 15) is 18.3 Å². The lowest BCUT2D eigenvalue weighted by Gasteiger charge is -2.15. The Balaban J connectivity index is 2.23. The van der Waals surface area contributed by atoms with Gasteiger partial charge in [-0.3, -0.25) is 4.68 Å². The van der Waals surface area contributed by atoms with Crippen LogP contribution in [0.25, 0.3) is 0 Å². The molecule has 1 atom stereocenters. The quantitative estimate of drug-likeness (QED) is 0.853. The van der Waals surface area contributed by atoms with E-state index < -0.39 is 17.8 Å². The Morgan fingerprint density at radius 1 is 1.38 bits per heavy atom. The van der Waals surface area contributed by atoms with Crippen molar-refractivity contribution in [3.8, 4) is 0 Å². The topological polar surface area (TPSA) is 64.1 Å². The summed E-state index contributed by atoms with van der Waals surface area (Å²) in [7, 11) is 0. The number of nitrogens with two attached hydrogens (primary N) is 1. The van der Waals surface area contributed by atoms with Crippen molar-refractivity contribution in [1.29, 1.82) is 0 Å². The van der Waals surface area contributed by atoms with Crippen molar-refractivity contribution in [2.45, 2.75) is 32.2 Å². The van der Waals surface area contributed by atoms with Crippen LogP contribution in [0.2, 0.25) is 0 Å². The molecule has 0 fully saturated rings. The van der Waals surface area contributed by atoms with Crippen LogP contribution in [0.5, 0.6) is 0 Å². The fourth-order valence-electron chi connectivity index (χ4n) is 2.06. The standard InChI is InChI=1S/C14H16F3N3O/c1-2-20-8-9(7-19-20)5-13(21)11-6-10(14(15,16)17)3-4-12(11)18/h3-4,6-8,13,21H,2,5,18H2,1H3. The zero-order chi connectivity index (χ0) is 15.6. The van der Waals surface area contributed by atoms with Gasteiger partial charge in [-0.15, -0.1) is 0 Å². The summed E-state index contributed by atoms with van der Waals surface area (Å²) in [6.07, 6.45) is -2.09. The van der Waals surface area contributed by atoms with E-state index in [-0.39, 0.29) is 17.7 Å². The van der Waals surface area contributed by atoms with Crippen molar-refractivity contribution < 1.29 is 18.3 Å². The number of nitrogens with zero attached hydrogens (tertiary/aromatic N) is 2. The SMILES string of the molecule is CCn1cc(CC(O)c2cc(C(F)(F)F)ccc2N)cn1. The largest absolute Gasteiger partial charge is 0.416 e. The molecule has 2 aromatic rings. The molecule has 0 saturated heterocycles. The number of nitrogen functional groups attached to an aromatic ring is 1. The molecule has 0 aliphatic rings. The van der Waals surface area contributed by atoms with Gasteiger partial charge in [0.25, 0.3) is 0 Å². The third kappa shape index (κ3) is 3.55. The van der Waals surface area contributed by atoms with Crippen molar-refractivity contribution in [1.82, 2.24) is 9.78 Å². The summed E-state index contributed by atoms with van der Waals surface area (Å²) in [6.45, 7) is 2.60. The second-order valence-corrected chi connectivity index (χ2v) is 4.77. The van der Waals surface area contributed by atoms with E-state index in [1.165, 1.54) is 0 Å². The molecule has 1 unspecified atom stereocenters. The van der Waals surface area contributed by atoms with Crippen molar-refractivity contribution >= 4 is 5.69 Å². The van der Waals surface area contributed by atoms with Crippen LogP contribution in [-0.2, 0) is 19.1 Å². The summed E-state index contributed by atoms with van der Waals surface area (Å²) in [4.78, 5) is 0. The molecule has 114 valence electrons. The van der Waals surface area contributed by atoms with Gasteiger partial charge in [-0.2, -0.15) is 18.3 Å². The smallest absolute Gasteiger partial charge is 0.398 e. The van der Waals surface area contributed by atoms with Gasteiger partial charge in [0.05, 0.1) is 17.9 Å². The number of aliphatic hydroxyl groups is 1. The fourth-order valence-corrected chi connectivity index (χ4v) is 2.06. The van der Waals surface area contributed by atoms with E-state index in [1.807, 2.05) is 6.92 Å². The van der Waals surface area contributed by atoms with E-state index in [4.69, 9.17) is 5.73 Å². The molecule has 0 amide bonds. The van der Waals surface area contributed by atoms with E-state index in [0.29, 0.717) is 6.54 Å². The number of aromatic nitrogens is 2. The van der Waals surface area contributed by atoms with Crippen molar-refractivity contribution in [2.75, 3.05) is 5.73 Å². The molecule has 0 radical (unpaired) electrons. The van der Waals surface area contributed by atoms with Crippen LogP contribution in [0.15, 0.2) is 30.6 Å². The zero-order valence-corrected chi connectivity index (χ0v) is 11.4. The first-order valence-electron chi connectivity index (χ1n) is 6.47. The number of aryl methyl sites for hydroxylation is 1. The van der Waals surface area contributed by atoms with Gasteiger partial charge in [0.15, 0.2) is 0 Å². The molecule has 0 spiro atoms. The monoisotopic (exact) mass is 299 g/mol. The maximum Gasteiger partial charge on any atom is 0.416 e. The van der Waals surface area contributed by atoms with E-state index in [2.05, 4.69) is 5.10 Å². The Morgan fingerprint density at radius 2 is 2.10 bits per heavy atom. The number of alkyl halides is 3. The first-order chi connectivity index (χ1) is 9.81. The molecule has 1 aromatic carbocycles. The minimum absolute atomic E-state index is 0.0778. The summed E-state index contributed by atoms with van der Waals surface area (Å²) in [5.41, 5.74) is 5.80. The van der Waals surface area contributed by atoms with Crippen LogP contribution in [0.4, 0.5) is 18.9 Å². The van der Waals surface area contributed by atoms with Crippen molar-refractivity contribution in [2.24, 2.45) is 0 Å². The van der Waals surface area contributed by atoms with Crippen LogP contribution in [0.3, 0.4) is 0 Å². The summed E-state index contributed by atoms with van der Waals surface area (Å²) >= 11 is 0. The lowest BCUT2D eigenvalue weighted by atomic mass is 9.99. The number of rotatable bonds is 4. The minimum atomic E-state index is -4.46. The Kier molecular flexibility index (Phi) is 4.22. The number of hydrogen-bond donors (Lipinski definition) is 2. The second-order valence-electron chi connectivity index (χ2n) is 4.77. The molecule has 0 aliphatic carbocycles. The van der Waals surface area contributed by atoms with Crippen LogP contribution in [0, 0.1) is 0 Å². The van der Waals surface area contributed by atoms with Gasteiger partial charge in [-0.25, -0.2) is 0 Å². The summed E-state index contributed by atoms with van der Waals surface area (Å²) in [6, 6.07) is 2.96. The molecule has 1 heterocycles. The maximum absolute atomic E-state index is 12.7. The molecule has 21 heavy (non-hydrogen) atoms. The second kappa shape index (κ2) is 5.77. The van der Waals surface area contributed by atoms with Gasteiger partial charge >= 0.3 is 6.18 Å². The average molecular weight is 299 g/mol. The molecule has 0 bridgehead atoms. The van der Waals surface area contributed by atoms with Gasteiger partial charge in [-0.1, -0.05) is 0 Å². The molecule has 1 aromatic heterocycles. The maximum atomic E-state index is 12.7. The number of halogens is 3. The predicted octanol–water partition coefficient (Wildman–Crippen LogP) is 2.78. The van der Waals surface area contributed by atoms with Gasteiger partial charge < -0.3 is 10.8 Å². The highest BCUT2D eigenvalue weighted by Crippen LogP contribution is 2.33. The van der Waals surface area contributed by atoms with Crippen molar-refractivity contribution in [3.05, 3.63) is 47.3 Å². The lowest BCUT2D eigenvalue weighted by Crippen LogP contribution is -2.10. The van der Waals surface area contributed by atoms with Crippen LogP contribution < -0.4 is 5.73 Å². The predicted molar refractivity (Wildman–Crippen MR) is 72.4 cm³/mol. The molecule has 0 aliphatic heterocycles. The van der Waals surface area contributed by atoms with E-state index in [0.717, 1.165) is 23.8 Å². The van der Waals surface area contributed by atoms with Crippen LogP contribution in [-0.4, -0.2) is 14.9 Å². The highest BCUT2D eigenvalue weighted by molar-refractivity contribution is 5.50. The van der Waals surface area contributed by atoms with E-state index >= 15 is 0 Å². The number of hydrogen-bond acceptors (Lipinski definition) is 3. The summed E-state index contributed by atoms with van der Waals surface area (Å²) in [5.74, 6) is 0. The fraction of sp³-hybridized carbons (Fsp3) is 0.357. The first-order valence-corrected chi connectivity index (χ1v) is 6.47. The minimum Gasteiger partial charge on any atom is -0.398 e. The number of benzene rings is 1. The first kappa shape index (κ1) is 15.4. The summed E-state index contributed by atoms with van der Waals surface area (Å²) < 4.78 is 39.8. The Bertz CT molecular complexity index is 622. The molecular formula is C14H16F3N3O. The molecule has 4 nitrogen and oxygen atoms in total. The highest BCUT2D eigenvalue weighted by Gasteiger charge is 2.31. The van der Waals surface area contributed by atoms with Crippen LogP contribution >= 0.6 is 0 Å². The normalized spacial score (nSPS) is 13.4. The Labute approximate surface area is 120 Å². The zero-order valence-electron chi connectivity index (χ0n) is 11.4. The van der Waals surface area contributed by atoms with E-state index in [1.54, 1.807) is 17.1 Å². The van der Waals surface area contributed by atoms with Crippen molar-refractivity contribution in [3.63, 3.8) is 0 Å². The number of anilines is 1. The van der Waals surface area contributed by atoms with Gasteiger partial charge in [0.2, 0.25) is 0 Å². The lowest BCUT2D eigenvalue weighted by molar-refractivity contribution is -0.137.